The third-order valence-electron chi connectivity index (χ3n) is 3.97. The summed E-state index contributed by atoms with van der Waals surface area (Å²) in [6.45, 7) is 0.293. The van der Waals surface area contributed by atoms with E-state index in [0.29, 0.717) is 17.9 Å². The largest absolute Gasteiger partial charge is 0.487 e. The molecule has 0 atom stereocenters. The number of rotatable bonds is 4. The van der Waals surface area contributed by atoms with E-state index in [-0.39, 0.29) is 5.69 Å². The number of benzene rings is 1. The van der Waals surface area contributed by atoms with E-state index in [4.69, 9.17) is 4.74 Å². The zero-order valence-corrected chi connectivity index (χ0v) is 14.0. The third-order valence-corrected chi connectivity index (χ3v) is 3.97. The molecule has 1 aromatic carbocycles. The van der Waals surface area contributed by atoms with Gasteiger partial charge in [-0.2, -0.15) is 5.10 Å². The van der Waals surface area contributed by atoms with Gasteiger partial charge in [0.15, 0.2) is 5.65 Å². The molecule has 25 heavy (non-hydrogen) atoms. The molecule has 0 aliphatic rings. The van der Waals surface area contributed by atoms with Crippen molar-refractivity contribution in [1.29, 1.82) is 0 Å². The van der Waals surface area contributed by atoms with Gasteiger partial charge in [0, 0.05) is 43.8 Å². The Morgan fingerprint density at radius 3 is 2.60 bits per heavy atom. The molecule has 126 valence electrons. The fraction of sp³-hybridized carbons (Fsp3) is 0.167. The Kier molecular flexibility index (Phi) is 3.61. The third kappa shape index (κ3) is 2.80. The summed E-state index contributed by atoms with van der Waals surface area (Å²) in [4.78, 5) is 17.0. The molecule has 4 rings (SSSR count). The Morgan fingerprint density at radius 1 is 1.08 bits per heavy atom. The van der Waals surface area contributed by atoms with Crippen LogP contribution in [0, 0.1) is 0 Å². The molecule has 0 unspecified atom stereocenters. The minimum absolute atomic E-state index is 0.152. The molecule has 0 bridgehead atoms. The molecule has 0 fully saturated rings. The smallest absolute Gasteiger partial charge is 0.333 e. The molecule has 0 N–H and O–H groups in total. The summed E-state index contributed by atoms with van der Waals surface area (Å²) in [5, 5.41) is 4.20. The minimum atomic E-state index is -0.152. The van der Waals surface area contributed by atoms with E-state index >= 15 is 0 Å². The van der Waals surface area contributed by atoms with Crippen molar-refractivity contribution in [2.24, 2.45) is 14.1 Å². The van der Waals surface area contributed by atoms with Gasteiger partial charge in [0.2, 0.25) is 0 Å². The normalized spacial score (nSPS) is 11.1. The van der Waals surface area contributed by atoms with Crippen molar-refractivity contribution in [3.63, 3.8) is 0 Å². The summed E-state index contributed by atoms with van der Waals surface area (Å²) < 4.78 is 10.5. The number of hydrogen-bond donors (Lipinski definition) is 0. The van der Waals surface area contributed by atoms with Gasteiger partial charge in [-0.25, -0.2) is 9.78 Å². The highest BCUT2D eigenvalue weighted by Gasteiger charge is 2.14. The molecule has 0 saturated carbocycles. The Balaban J connectivity index is 1.76. The topological polar surface area (TPSA) is 66.3 Å². The summed E-state index contributed by atoms with van der Waals surface area (Å²) >= 11 is 0. The summed E-state index contributed by atoms with van der Waals surface area (Å²) in [6, 6.07) is 9.53. The van der Waals surface area contributed by atoms with E-state index in [1.807, 2.05) is 43.6 Å². The highest BCUT2D eigenvalue weighted by Crippen LogP contribution is 2.22. The van der Waals surface area contributed by atoms with E-state index in [0.717, 1.165) is 16.9 Å². The lowest BCUT2D eigenvalue weighted by molar-refractivity contribution is 0.302. The second-order valence-corrected chi connectivity index (χ2v) is 5.87. The predicted molar refractivity (Wildman–Crippen MR) is 93.4 cm³/mol. The molecule has 7 nitrogen and oxygen atoms in total. The molecule has 0 amide bonds. The first-order valence-electron chi connectivity index (χ1n) is 7.86. The van der Waals surface area contributed by atoms with Crippen molar-refractivity contribution < 1.29 is 4.74 Å². The summed E-state index contributed by atoms with van der Waals surface area (Å²) in [6.07, 6.45) is 7.16. The van der Waals surface area contributed by atoms with Crippen LogP contribution in [0.5, 0.6) is 5.75 Å². The van der Waals surface area contributed by atoms with Gasteiger partial charge in [0.25, 0.3) is 0 Å². The second kappa shape index (κ2) is 5.94. The Morgan fingerprint density at radius 2 is 1.88 bits per heavy atom. The van der Waals surface area contributed by atoms with Gasteiger partial charge in [-0.15, -0.1) is 0 Å². The first-order valence-corrected chi connectivity index (χ1v) is 7.86. The maximum Gasteiger partial charge on any atom is 0.333 e. The first-order chi connectivity index (χ1) is 12.1. The molecular weight excluding hydrogens is 318 g/mol. The van der Waals surface area contributed by atoms with Crippen molar-refractivity contribution in [2.45, 2.75) is 6.61 Å². The van der Waals surface area contributed by atoms with Crippen molar-refractivity contribution >= 4 is 5.65 Å². The van der Waals surface area contributed by atoms with Crippen molar-refractivity contribution in [2.75, 3.05) is 0 Å². The van der Waals surface area contributed by atoms with E-state index in [1.165, 1.54) is 0 Å². The Labute approximate surface area is 143 Å². The number of para-hydroxylation sites is 1. The molecule has 4 aromatic rings. The van der Waals surface area contributed by atoms with Crippen molar-refractivity contribution in [3.05, 3.63) is 71.3 Å². The van der Waals surface area contributed by atoms with Crippen LogP contribution < -0.4 is 10.4 Å². The van der Waals surface area contributed by atoms with Crippen LogP contribution in [0.4, 0.5) is 0 Å². The minimum Gasteiger partial charge on any atom is -0.487 e. The van der Waals surface area contributed by atoms with Gasteiger partial charge in [0.05, 0.1) is 11.9 Å². The lowest BCUT2D eigenvalue weighted by atomic mass is 10.2. The molecule has 0 saturated heterocycles. The molecule has 0 radical (unpaired) electrons. The van der Waals surface area contributed by atoms with E-state index in [1.54, 1.807) is 39.3 Å². The number of imidazole rings is 1. The zero-order chi connectivity index (χ0) is 17.4. The summed E-state index contributed by atoms with van der Waals surface area (Å²) in [5.41, 5.74) is 2.89. The highest BCUT2D eigenvalue weighted by molar-refractivity contribution is 5.76. The standard InChI is InChI=1S/C18H17N5O2/c1-21-11-16(13-8-19-22(2)9-13)17-20-14(10-23(17)18(21)24)12-25-15-6-4-3-5-7-15/h3-11H,12H2,1-2H3. The van der Waals surface area contributed by atoms with Crippen LogP contribution in [0.1, 0.15) is 5.69 Å². The molecular formula is C18H17N5O2. The molecule has 3 aromatic heterocycles. The molecule has 3 heterocycles. The van der Waals surface area contributed by atoms with Crippen molar-refractivity contribution in [1.82, 2.24) is 23.7 Å². The maximum atomic E-state index is 12.4. The number of aryl methyl sites for hydroxylation is 2. The maximum absolute atomic E-state index is 12.4. The van der Waals surface area contributed by atoms with E-state index in [2.05, 4.69) is 10.1 Å². The summed E-state index contributed by atoms with van der Waals surface area (Å²) in [7, 11) is 3.58. The van der Waals surface area contributed by atoms with Crippen LogP contribution in [0.25, 0.3) is 16.8 Å². The number of fused-ring (bicyclic) bond motifs is 1. The van der Waals surface area contributed by atoms with Gasteiger partial charge >= 0.3 is 5.69 Å². The lowest BCUT2D eigenvalue weighted by Crippen LogP contribution is -2.23. The van der Waals surface area contributed by atoms with Gasteiger partial charge in [-0.3, -0.25) is 9.08 Å². The number of hydrogen-bond acceptors (Lipinski definition) is 4. The van der Waals surface area contributed by atoms with Gasteiger partial charge < -0.3 is 9.30 Å². The fourth-order valence-corrected chi connectivity index (χ4v) is 2.75. The van der Waals surface area contributed by atoms with Crippen LogP contribution in [0.2, 0.25) is 0 Å². The quantitative estimate of drug-likeness (QED) is 0.572. The lowest BCUT2D eigenvalue weighted by Gasteiger charge is -2.04. The highest BCUT2D eigenvalue weighted by atomic mass is 16.5. The summed E-state index contributed by atoms with van der Waals surface area (Å²) in [5.74, 6) is 0.764. The SMILES string of the molecule is Cn1cc(-c2cn(C)c(=O)n3cc(COc4ccccc4)nc23)cn1. The second-order valence-electron chi connectivity index (χ2n) is 5.87. The fourth-order valence-electron chi connectivity index (χ4n) is 2.75. The van der Waals surface area contributed by atoms with Crippen molar-refractivity contribution in [3.8, 4) is 16.9 Å². The van der Waals surface area contributed by atoms with Crippen LogP contribution in [0.15, 0.2) is 59.9 Å². The number of ether oxygens (including phenoxy) is 1. The van der Waals surface area contributed by atoms with Crippen LogP contribution >= 0.6 is 0 Å². The first kappa shape index (κ1) is 15.2. The number of nitrogens with zero attached hydrogens (tertiary/aromatic N) is 5. The molecule has 0 aliphatic heterocycles. The van der Waals surface area contributed by atoms with Crippen LogP contribution in [-0.4, -0.2) is 23.7 Å². The average molecular weight is 335 g/mol. The Hall–Kier alpha value is -3.35. The molecule has 0 spiro atoms. The van der Waals surface area contributed by atoms with Crippen LogP contribution in [-0.2, 0) is 20.7 Å². The number of aromatic nitrogens is 5. The van der Waals surface area contributed by atoms with E-state index < -0.39 is 0 Å². The zero-order valence-electron chi connectivity index (χ0n) is 14.0. The van der Waals surface area contributed by atoms with Crippen LogP contribution in [0.3, 0.4) is 0 Å². The monoisotopic (exact) mass is 335 g/mol. The van der Waals surface area contributed by atoms with Gasteiger partial charge in [0.1, 0.15) is 12.4 Å². The van der Waals surface area contributed by atoms with Gasteiger partial charge in [-0.05, 0) is 12.1 Å². The van der Waals surface area contributed by atoms with Gasteiger partial charge in [-0.1, -0.05) is 18.2 Å². The van der Waals surface area contributed by atoms with E-state index in [9.17, 15) is 4.79 Å². The molecule has 7 heteroatoms. The predicted octanol–water partition coefficient (Wildman–Crippen LogP) is 2.01. The molecule has 0 aliphatic carbocycles. The Bertz CT molecular complexity index is 1090. The average Bonchev–Trinajstić information content (AvgIpc) is 3.24.